The first kappa shape index (κ1) is 14.2. The van der Waals surface area contributed by atoms with E-state index in [4.69, 9.17) is 24.7 Å². The SMILES string of the molecule is O=P(O)(O)CC(NCCO)P(=O)(O)O. The van der Waals surface area contributed by atoms with Crippen LogP contribution in [0.4, 0.5) is 0 Å². The van der Waals surface area contributed by atoms with Gasteiger partial charge in [0, 0.05) is 6.54 Å². The summed E-state index contributed by atoms with van der Waals surface area (Å²) in [5.74, 6) is -1.63. The van der Waals surface area contributed by atoms with Gasteiger partial charge in [-0.15, -0.1) is 0 Å². The van der Waals surface area contributed by atoms with Gasteiger partial charge in [0.25, 0.3) is 0 Å². The summed E-state index contributed by atoms with van der Waals surface area (Å²) >= 11 is 0. The van der Waals surface area contributed by atoms with E-state index in [1.807, 2.05) is 0 Å². The topological polar surface area (TPSA) is 147 Å². The predicted molar refractivity (Wildman–Crippen MR) is 47.8 cm³/mol. The molecule has 0 amide bonds. The highest BCUT2D eigenvalue weighted by Gasteiger charge is 2.34. The van der Waals surface area contributed by atoms with Gasteiger partial charge in [-0.2, -0.15) is 0 Å². The number of aliphatic hydroxyl groups is 1. The van der Waals surface area contributed by atoms with Crippen LogP contribution in [0.15, 0.2) is 0 Å². The molecule has 86 valence electrons. The van der Waals surface area contributed by atoms with Crippen molar-refractivity contribution in [1.29, 1.82) is 0 Å². The summed E-state index contributed by atoms with van der Waals surface area (Å²) in [6, 6.07) is 0. The molecule has 0 aliphatic carbocycles. The maximum Gasteiger partial charge on any atom is 0.342 e. The van der Waals surface area contributed by atoms with Gasteiger partial charge in [-0.05, 0) is 0 Å². The third-order valence-corrected chi connectivity index (χ3v) is 3.61. The van der Waals surface area contributed by atoms with E-state index in [0.29, 0.717) is 0 Å². The van der Waals surface area contributed by atoms with Crippen molar-refractivity contribution in [3.8, 4) is 0 Å². The van der Waals surface area contributed by atoms with E-state index in [2.05, 4.69) is 5.32 Å². The van der Waals surface area contributed by atoms with Gasteiger partial charge < -0.3 is 30.0 Å². The molecule has 0 saturated heterocycles. The van der Waals surface area contributed by atoms with Crippen LogP contribution in [-0.2, 0) is 9.13 Å². The molecule has 0 bridgehead atoms. The summed E-state index contributed by atoms with van der Waals surface area (Å²) in [7, 11) is -9.11. The zero-order valence-corrected chi connectivity index (χ0v) is 8.93. The van der Waals surface area contributed by atoms with E-state index < -0.39 is 27.1 Å². The molecule has 0 saturated carbocycles. The van der Waals surface area contributed by atoms with Gasteiger partial charge in [0.1, 0.15) is 5.78 Å². The van der Waals surface area contributed by atoms with E-state index in [1.165, 1.54) is 0 Å². The van der Waals surface area contributed by atoms with Crippen LogP contribution < -0.4 is 5.32 Å². The molecule has 0 aromatic carbocycles. The molecule has 10 heteroatoms. The Labute approximate surface area is 80.3 Å². The number of nitrogens with one attached hydrogen (secondary N) is 1. The first-order valence-electron chi connectivity index (χ1n) is 3.61. The zero-order valence-electron chi connectivity index (χ0n) is 7.15. The first-order valence-corrected chi connectivity index (χ1v) is 7.09. The molecule has 8 nitrogen and oxygen atoms in total. The van der Waals surface area contributed by atoms with Crippen molar-refractivity contribution < 1.29 is 33.8 Å². The summed E-state index contributed by atoms with van der Waals surface area (Å²) in [4.78, 5) is 34.4. The van der Waals surface area contributed by atoms with Gasteiger partial charge in [-0.25, -0.2) is 0 Å². The lowest BCUT2D eigenvalue weighted by molar-refractivity contribution is 0.282. The minimum absolute atomic E-state index is 0.143. The predicted octanol–water partition coefficient (Wildman–Crippen LogP) is -1.75. The lowest BCUT2D eigenvalue weighted by atomic mass is 10.6. The van der Waals surface area contributed by atoms with E-state index >= 15 is 0 Å². The van der Waals surface area contributed by atoms with Gasteiger partial charge in [0.15, 0.2) is 0 Å². The van der Waals surface area contributed by atoms with Crippen LogP contribution >= 0.6 is 15.2 Å². The third kappa shape index (κ3) is 6.64. The smallest absolute Gasteiger partial charge is 0.342 e. The fourth-order valence-corrected chi connectivity index (χ4v) is 3.18. The van der Waals surface area contributed by atoms with Crippen molar-refractivity contribution in [1.82, 2.24) is 5.32 Å². The highest BCUT2D eigenvalue weighted by atomic mass is 31.2. The number of rotatable bonds is 6. The fourth-order valence-electron chi connectivity index (χ4n) is 0.746. The van der Waals surface area contributed by atoms with Crippen molar-refractivity contribution in [3.05, 3.63) is 0 Å². The molecule has 0 aromatic rings. The van der Waals surface area contributed by atoms with Crippen LogP contribution in [0, 0.1) is 0 Å². The Morgan fingerprint density at radius 3 is 1.93 bits per heavy atom. The van der Waals surface area contributed by atoms with Crippen LogP contribution in [0.1, 0.15) is 0 Å². The normalized spacial score (nSPS) is 15.5. The molecule has 6 N–H and O–H groups in total. The molecule has 1 atom stereocenters. The quantitative estimate of drug-likeness (QED) is 0.304. The van der Waals surface area contributed by atoms with Crippen molar-refractivity contribution in [2.45, 2.75) is 5.78 Å². The average molecular weight is 249 g/mol. The number of aliphatic hydroxyl groups excluding tert-OH is 1. The van der Waals surface area contributed by atoms with Crippen molar-refractivity contribution >= 4 is 15.2 Å². The summed E-state index contributed by atoms with van der Waals surface area (Å²) < 4.78 is 21.2. The largest absolute Gasteiger partial charge is 0.395 e. The Bertz CT molecular complexity index is 256. The Morgan fingerprint density at radius 2 is 1.64 bits per heavy atom. The Balaban J connectivity index is 4.42. The second-order valence-electron chi connectivity index (χ2n) is 2.63. The number of hydrogen-bond acceptors (Lipinski definition) is 4. The molecule has 0 aliphatic heterocycles. The Morgan fingerprint density at radius 1 is 1.14 bits per heavy atom. The molecule has 0 heterocycles. The van der Waals surface area contributed by atoms with E-state index in [9.17, 15) is 9.13 Å². The summed E-state index contributed by atoms with van der Waals surface area (Å²) in [5, 5.41) is 10.5. The van der Waals surface area contributed by atoms with Gasteiger partial charge in [-0.1, -0.05) is 0 Å². The maximum absolute atomic E-state index is 10.7. The van der Waals surface area contributed by atoms with Crippen molar-refractivity contribution in [2.24, 2.45) is 0 Å². The summed E-state index contributed by atoms with van der Waals surface area (Å²) in [6.45, 7) is -0.520. The van der Waals surface area contributed by atoms with Crippen molar-refractivity contribution in [2.75, 3.05) is 19.3 Å². The standard InChI is InChI=1S/C4H13NO7P2/c6-2-1-5-4(14(10,11)12)3-13(7,8)9/h4-6H,1-3H2,(H2,7,8,9)(H2,10,11,12). The van der Waals surface area contributed by atoms with Crippen LogP contribution in [0.5, 0.6) is 0 Å². The second kappa shape index (κ2) is 5.34. The highest BCUT2D eigenvalue weighted by Crippen LogP contribution is 2.47. The summed E-state index contributed by atoms with van der Waals surface area (Å²) in [6.07, 6.45) is -0.961. The van der Waals surface area contributed by atoms with Crippen LogP contribution in [0.2, 0.25) is 0 Å². The maximum atomic E-state index is 10.7. The minimum atomic E-state index is -4.62. The molecule has 1 unspecified atom stereocenters. The van der Waals surface area contributed by atoms with Gasteiger partial charge >= 0.3 is 15.2 Å². The van der Waals surface area contributed by atoms with E-state index in [-0.39, 0.29) is 13.2 Å². The molecule has 0 fully saturated rings. The average Bonchev–Trinajstić information content (AvgIpc) is 1.93. The van der Waals surface area contributed by atoms with Gasteiger partial charge in [0.2, 0.25) is 0 Å². The van der Waals surface area contributed by atoms with Gasteiger partial charge in [0.05, 0.1) is 12.8 Å². The molecule has 14 heavy (non-hydrogen) atoms. The minimum Gasteiger partial charge on any atom is -0.395 e. The van der Waals surface area contributed by atoms with Crippen LogP contribution in [0.3, 0.4) is 0 Å². The second-order valence-corrected chi connectivity index (χ2v) is 6.13. The first-order chi connectivity index (χ1) is 6.17. The van der Waals surface area contributed by atoms with Gasteiger partial charge in [-0.3, -0.25) is 9.13 Å². The highest BCUT2D eigenvalue weighted by molar-refractivity contribution is 7.56. The molecule has 0 radical (unpaired) electrons. The fraction of sp³-hybridized carbons (Fsp3) is 1.00. The molecular weight excluding hydrogens is 236 g/mol. The Kier molecular flexibility index (Phi) is 5.43. The number of hydrogen-bond donors (Lipinski definition) is 6. The van der Waals surface area contributed by atoms with E-state index in [1.54, 1.807) is 0 Å². The molecular formula is C4H13NO7P2. The Hall–Kier alpha value is 0.220. The zero-order chi connectivity index (χ0) is 11.4. The summed E-state index contributed by atoms with van der Waals surface area (Å²) in [5.41, 5.74) is 0. The molecule has 0 spiro atoms. The lowest BCUT2D eigenvalue weighted by Crippen LogP contribution is -2.34. The van der Waals surface area contributed by atoms with Crippen LogP contribution in [0.25, 0.3) is 0 Å². The third-order valence-electron chi connectivity index (χ3n) is 1.31. The van der Waals surface area contributed by atoms with Crippen molar-refractivity contribution in [3.63, 3.8) is 0 Å². The molecule has 0 rings (SSSR count). The van der Waals surface area contributed by atoms with Crippen LogP contribution in [-0.4, -0.2) is 49.8 Å². The monoisotopic (exact) mass is 249 g/mol. The molecule has 0 aliphatic rings. The lowest BCUT2D eigenvalue weighted by Gasteiger charge is -2.19. The van der Waals surface area contributed by atoms with E-state index in [0.717, 1.165) is 0 Å². The molecule has 0 aromatic heterocycles.